The van der Waals surface area contributed by atoms with Crippen LogP contribution in [0, 0.1) is 0 Å². The third kappa shape index (κ3) is 5.10. The van der Waals surface area contributed by atoms with Gasteiger partial charge in [-0.1, -0.05) is 30.3 Å². The summed E-state index contributed by atoms with van der Waals surface area (Å²) in [5.41, 5.74) is 6.36. The van der Waals surface area contributed by atoms with Gasteiger partial charge in [-0.05, 0) is 5.56 Å². The number of hydrogen-bond donors (Lipinski definition) is 3. The van der Waals surface area contributed by atoms with Crippen molar-refractivity contribution >= 4 is 12.4 Å². The molecule has 0 amide bonds. The number of carboxylic acid groups (broad SMARTS) is 1. The quantitative estimate of drug-likeness (QED) is 0.504. The maximum absolute atomic E-state index is 11.0. The topological polar surface area (TPSA) is 110 Å². The van der Waals surface area contributed by atoms with Crippen LogP contribution in [0.2, 0.25) is 0 Å². The molecule has 0 saturated carbocycles. The van der Waals surface area contributed by atoms with E-state index in [4.69, 9.17) is 15.6 Å². The van der Waals surface area contributed by atoms with Gasteiger partial charge in [-0.2, -0.15) is 0 Å². The van der Waals surface area contributed by atoms with Crippen molar-refractivity contribution in [1.29, 1.82) is 0 Å². The van der Waals surface area contributed by atoms with E-state index in [9.17, 15) is 9.90 Å². The van der Waals surface area contributed by atoms with Crippen LogP contribution < -0.4 is 5.73 Å². The van der Waals surface area contributed by atoms with Crippen molar-refractivity contribution in [3.8, 4) is 0 Å². The normalized spacial score (nSPS) is 12.6. The van der Waals surface area contributed by atoms with Gasteiger partial charge in [0.15, 0.2) is 6.10 Å². The molecule has 1 aromatic carbocycles. The molecular formula is C11H15NO5. The number of carbonyl (C=O) groups is 2. The van der Waals surface area contributed by atoms with Crippen LogP contribution in [0.5, 0.6) is 0 Å². The molecular weight excluding hydrogens is 226 g/mol. The molecule has 0 unspecified atom stereocenters. The highest BCUT2D eigenvalue weighted by molar-refractivity contribution is 5.75. The van der Waals surface area contributed by atoms with Gasteiger partial charge in [-0.3, -0.25) is 4.79 Å². The molecule has 0 saturated heterocycles. The van der Waals surface area contributed by atoms with Crippen LogP contribution in [-0.2, 0) is 14.3 Å². The van der Waals surface area contributed by atoms with Crippen LogP contribution in [0.3, 0.4) is 0 Å². The second kappa shape index (κ2) is 8.26. The van der Waals surface area contributed by atoms with Crippen molar-refractivity contribution in [2.45, 2.75) is 12.1 Å². The Balaban J connectivity index is 0.000000770. The van der Waals surface area contributed by atoms with E-state index >= 15 is 0 Å². The van der Waals surface area contributed by atoms with E-state index in [0.717, 1.165) is 0 Å². The third-order valence-corrected chi connectivity index (χ3v) is 1.97. The highest BCUT2D eigenvalue weighted by Crippen LogP contribution is 2.14. The molecule has 0 aromatic heterocycles. The number of aliphatic hydroxyl groups is 1. The summed E-state index contributed by atoms with van der Waals surface area (Å²) in [4.78, 5) is 19.3. The lowest BCUT2D eigenvalue weighted by molar-refractivity contribution is -0.151. The monoisotopic (exact) mass is 241 g/mol. The Morgan fingerprint density at radius 1 is 1.41 bits per heavy atom. The average Bonchev–Trinajstić information content (AvgIpc) is 2.38. The number of hydrogen-bond acceptors (Lipinski definition) is 5. The van der Waals surface area contributed by atoms with Gasteiger partial charge in [0.25, 0.3) is 6.47 Å². The molecule has 0 aliphatic heterocycles. The number of ether oxygens (including phenoxy) is 1. The Morgan fingerprint density at radius 2 is 1.88 bits per heavy atom. The van der Waals surface area contributed by atoms with E-state index in [1.165, 1.54) is 7.11 Å². The maximum atomic E-state index is 11.0. The van der Waals surface area contributed by atoms with E-state index in [-0.39, 0.29) is 6.47 Å². The van der Waals surface area contributed by atoms with Crippen LogP contribution in [0.25, 0.3) is 0 Å². The van der Waals surface area contributed by atoms with E-state index in [1.54, 1.807) is 24.3 Å². The minimum atomic E-state index is -1.32. The molecule has 0 spiro atoms. The fourth-order valence-electron chi connectivity index (χ4n) is 1.12. The minimum Gasteiger partial charge on any atom is -0.483 e. The highest BCUT2D eigenvalue weighted by Gasteiger charge is 2.24. The Kier molecular flexibility index (Phi) is 7.32. The second-order valence-electron chi connectivity index (χ2n) is 3.01. The Labute approximate surface area is 98.6 Å². The fraction of sp³-hybridized carbons (Fsp3) is 0.273. The van der Waals surface area contributed by atoms with Gasteiger partial charge in [0, 0.05) is 0 Å². The molecule has 94 valence electrons. The molecule has 4 N–H and O–H groups in total. The van der Waals surface area contributed by atoms with Crippen LogP contribution >= 0.6 is 0 Å². The predicted octanol–water partition coefficient (Wildman–Crippen LogP) is -0.0789. The van der Waals surface area contributed by atoms with Gasteiger partial charge in [0.05, 0.1) is 13.2 Å². The molecule has 1 aromatic rings. The molecule has 6 nitrogen and oxygen atoms in total. The lowest BCUT2D eigenvalue weighted by atomic mass is 10.0. The summed E-state index contributed by atoms with van der Waals surface area (Å²) in [6, 6.07) is 8.16. The smallest absolute Gasteiger partial charge is 0.336 e. The van der Waals surface area contributed by atoms with Crippen molar-refractivity contribution < 1.29 is 24.5 Å². The number of esters is 1. The zero-order valence-electron chi connectivity index (χ0n) is 9.32. The standard InChI is InChI=1S/C10H13NO3.CH2O2/c1-14-10(13)9(12)8(11)7-5-3-2-4-6-7;2-1-3/h2-6,8-9,12H,11H2,1H3;1H,(H,2,3)/t8-,9+;/m0./s1. The summed E-state index contributed by atoms with van der Waals surface area (Å²) in [7, 11) is 1.21. The van der Waals surface area contributed by atoms with Crippen LogP contribution in [0.4, 0.5) is 0 Å². The largest absolute Gasteiger partial charge is 0.483 e. The molecule has 2 atom stereocenters. The van der Waals surface area contributed by atoms with Gasteiger partial charge < -0.3 is 20.7 Å². The Morgan fingerprint density at radius 3 is 2.29 bits per heavy atom. The van der Waals surface area contributed by atoms with E-state index in [0.29, 0.717) is 5.56 Å². The second-order valence-corrected chi connectivity index (χ2v) is 3.01. The minimum absolute atomic E-state index is 0.250. The molecule has 0 aliphatic rings. The first-order valence-corrected chi connectivity index (χ1v) is 4.72. The number of benzene rings is 1. The number of methoxy groups -OCH3 is 1. The maximum Gasteiger partial charge on any atom is 0.336 e. The average molecular weight is 241 g/mol. The van der Waals surface area contributed by atoms with E-state index in [1.807, 2.05) is 6.07 Å². The van der Waals surface area contributed by atoms with Crippen molar-refractivity contribution in [2.24, 2.45) is 5.73 Å². The molecule has 0 fully saturated rings. The summed E-state index contributed by atoms with van der Waals surface area (Å²) in [6.45, 7) is -0.250. The molecule has 17 heavy (non-hydrogen) atoms. The summed E-state index contributed by atoms with van der Waals surface area (Å²) in [5, 5.41) is 16.3. The SMILES string of the molecule is COC(=O)[C@H](O)[C@@H](N)c1ccccc1.O=CO. The van der Waals surface area contributed by atoms with Crippen LogP contribution in [0.15, 0.2) is 30.3 Å². The number of aliphatic hydroxyl groups excluding tert-OH is 1. The summed E-state index contributed by atoms with van der Waals surface area (Å²) >= 11 is 0. The number of nitrogens with two attached hydrogens (primary N) is 1. The first kappa shape index (κ1) is 15.1. The lowest BCUT2D eigenvalue weighted by Gasteiger charge is -2.16. The van der Waals surface area contributed by atoms with Gasteiger partial charge in [-0.15, -0.1) is 0 Å². The van der Waals surface area contributed by atoms with Crippen molar-refractivity contribution in [3.05, 3.63) is 35.9 Å². The molecule has 1 rings (SSSR count). The molecule has 0 aliphatic carbocycles. The molecule has 0 heterocycles. The van der Waals surface area contributed by atoms with E-state index < -0.39 is 18.1 Å². The summed E-state index contributed by atoms with van der Waals surface area (Å²) in [6.07, 6.45) is -1.32. The van der Waals surface area contributed by atoms with Gasteiger partial charge in [-0.25, -0.2) is 4.79 Å². The van der Waals surface area contributed by atoms with Crippen molar-refractivity contribution in [1.82, 2.24) is 0 Å². The Bertz CT molecular complexity index is 341. The van der Waals surface area contributed by atoms with Crippen molar-refractivity contribution in [2.75, 3.05) is 7.11 Å². The van der Waals surface area contributed by atoms with Gasteiger partial charge in [0.2, 0.25) is 0 Å². The molecule has 0 bridgehead atoms. The first-order chi connectivity index (χ1) is 8.08. The van der Waals surface area contributed by atoms with Crippen LogP contribution in [-0.4, -0.2) is 35.9 Å². The molecule has 0 radical (unpaired) electrons. The van der Waals surface area contributed by atoms with Gasteiger partial charge >= 0.3 is 5.97 Å². The van der Waals surface area contributed by atoms with Crippen LogP contribution in [0.1, 0.15) is 11.6 Å². The predicted molar refractivity (Wildman–Crippen MR) is 60.1 cm³/mol. The first-order valence-electron chi connectivity index (χ1n) is 4.72. The van der Waals surface area contributed by atoms with E-state index in [2.05, 4.69) is 4.74 Å². The zero-order valence-corrected chi connectivity index (χ0v) is 9.32. The fourth-order valence-corrected chi connectivity index (χ4v) is 1.12. The van der Waals surface area contributed by atoms with Crippen molar-refractivity contribution in [3.63, 3.8) is 0 Å². The third-order valence-electron chi connectivity index (χ3n) is 1.97. The zero-order chi connectivity index (χ0) is 13.3. The Hall–Kier alpha value is -1.92. The number of rotatable bonds is 3. The lowest BCUT2D eigenvalue weighted by Crippen LogP contribution is -2.34. The number of carbonyl (C=O) groups excluding carboxylic acids is 1. The van der Waals surface area contributed by atoms with Gasteiger partial charge in [0.1, 0.15) is 0 Å². The summed E-state index contributed by atoms with van der Waals surface area (Å²) in [5.74, 6) is -0.721. The summed E-state index contributed by atoms with van der Waals surface area (Å²) < 4.78 is 4.39. The molecule has 6 heteroatoms. The highest BCUT2D eigenvalue weighted by atomic mass is 16.5.